The van der Waals surface area contributed by atoms with E-state index in [2.05, 4.69) is 0 Å². The number of esters is 1. The summed E-state index contributed by atoms with van der Waals surface area (Å²) in [7, 11) is 0. The molecule has 1 aliphatic heterocycles. The van der Waals surface area contributed by atoms with Crippen LogP contribution in [0.3, 0.4) is 0 Å². The molecule has 0 amide bonds. The molecule has 2 atom stereocenters. The second-order valence-corrected chi connectivity index (χ2v) is 3.03. The number of ether oxygens (including phenoxy) is 1. The number of rotatable bonds is 2. The lowest BCUT2D eigenvalue weighted by Gasteiger charge is -2.27. The van der Waals surface area contributed by atoms with Crippen molar-refractivity contribution in [2.24, 2.45) is 5.92 Å². The SMILES string of the molecule is CC(C(=O)[O-])C1CCCC(=O)O1. The number of hydrogen-bond donors (Lipinski definition) is 0. The first-order valence-electron chi connectivity index (χ1n) is 4.01. The molecule has 1 saturated heterocycles. The van der Waals surface area contributed by atoms with E-state index < -0.39 is 18.0 Å². The molecule has 0 N–H and O–H groups in total. The minimum Gasteiger partial charge on any atom is -0.550 e. The average molecular weight is 171 g/mol. The van der Waals surface area contributed by atoms with Gasteiger partial charge in [-0.25, -0.2) is 0 Å². The molecule has 0 spiro atoms. The van der Waals surface area contributed by atoms with E-state index in [4.69, 9.17) is 4.74 Å². The largest absolute Gasteiger partial charge is 0.550 e. The van der Waals surface area contributed by atoms with Crippen LogP contribution in [0, 0.1) is 5.92 Å². The fourth-order valence-electron chi connectivity index (χ4n) is 1.24. The molecule has 4 heteroatoms. The summed E-state index contributed by atoms with van der Waals surface area (Å²) in [5.74, 6) is -2.16. The Labute approximate surface area is 70.5 Å². The first-order chi connectivity index (χ1) is 5.61. The second-order valence-electron chi connectivity index (χ2n) is 3.03. The van der Waals surface area contributed by atoms with Crippen LogP contribution in [0.2, 0.25) is 0 Å². The third-order valence-corrected chi connectivity index (χ3v) is 2.08. The molecule has 2 unspecified atom stereocenters. The van der Waals surface area contributed by atoms with E-state index in [1.54, 1.807) is 0 Å². The van der Waals surface area contributed by atoms with Gasteiger partial charge in [-0.3, -0.25) is 4.79 Å². The third-order valence-electron chi connectivity index (χ3n) is 2.08. The van der Waals surface area contributed by atoms with Gasteiger partial charge in [0.2, 0.25) is 0 Å². The maximum absolute atomic E-state index is 10.8. The number of carbonyl (C=O) groups is 2. The minimum absolute atomic E-state index is 0.306. The number of cyclic esters (lactones) is 1. The van der Waals surface area contributed by atoms with E-state index >= 15 is 0 Å². The van der Waals surface area contributed by atoms with Crippen molar-refractivity contribution in [1.29, 1.82) is 0 Å². The monoisotopic (exact) mass is 171 g/mol. The van der Waals surface area contributed by atoms with Crippen molar-refractivity contribution in [3.05, 3.63) is 0 Å². The lowest BCUT2D eigenvalue weighted by atomic mass is 9.97. The highest BCUT2D eigenvalue weighted by Gasteiger charge is 2.25. The van der Waals surface area contributed by atoms with E-state index in [0.717, 1.165) is 0 Å². The zero-order valence-electron chi connectivity index (χ0n) is 6.91. The summed E-state index contributed by atoms with van der Waals surface area (Å²) in [6.07, 6.45) is 1.24. The van der Waals surface area contributed by atoms with Gasteiger partial charge in [-0.15, -0.1) is 0 Å². The summed E-state index contributed by atoms with van der Waals surface area (Å²) in [5.41, 5.74) is 0. The Bertz CT molecular complexity index is 197. The van der Waals surface area contributed by atoms with Crippen LogP contribution in [0.15, 0.2) is 0 Å². The summed E-state index contributed by atoms with van der Waals surface area (Å²) < 4.78 is 4.85. The fraction of sp³-hybridized carbons (Fsp3) is 0.750. The van der Waals surface area contributed by atoms with Gasteiger partial charge in [-0.05, 0) is 12.8 Å². The molecule has 1 fully saturated rings. The average Bonchev–Trinajstić information content (AvgIpc) is 2.03. The van der Waals surface area contributed by atoms with E-state index in [1.807, 2.05) is 0 Å². The van der Waals surface area contributed by atoms with Crippen molar-refractivity contribution >= 4 is 11.9 Å². The predicted octanol–water partition coefficient (Wildman–Crippen LogP) is -0.532. The van der Waals surface area contributed by atoms with Crippen LogP contribution in [-0.2, 0) is 14.3 Å². The zero-order valence-corrected chi connectivity index (χ0v) is 6.91. The maximum Gasteiger partial charge on any atom is 0.306 e. The van der Waals surface area contributed by atoms with Crippen molar-refractivity contribution in [1.82, 2.24) is 0 Å². The molecule has 0 saturated carbocycles. The van der Waals surface area contributed by atoms with Crippen LogP contribution in [0.1, 0.15) is 26.2 Å². The third kappa shape index (κ3) is 1.96. The van der Waals surface area contributed by atoms with E-state index in [9.17, 15) is 14.7 Å². The first-order valence-corrected chi connectivity index (χ1v) is 4.01. The molecule has 1 rings (SSSR count). The van der Waals surface area contributed by atoms with Crippen molar-refractivity contribution in [2.45, 2.75) is 32.3 Å². The van der Waals surface area contributed by atoms with Gasteiger partial charge < -0.3 is 14.6 Å². The Balaban J connectivity index is 2.51. The summed E-state index contributed by atoms with van der Waals surface area (Å²) in [4.78, 5) is 21.2. The fourth-order valence-corrected chi connectivity index (χ4v) is 1.24. The summed E-state index contributed by atoms with van der Waals surface area (Å²) in [5, 5.41) is 10.4. The Morgan fingerprint density at radius 1 is 1.75 bits per heavy atom. The topological polar surface area (TPSA) is 66.4 Å². The predicted molar refractivity (Wildman–Crippen MR) is 37.9 cm³/mol. The van der Waals surface area contributed by atoms with Crippen LogP contribution < -0.4 is 5.11 Å². The van der Waals surface area contributed by atoms with Crippen LogP contribution in [-0.4, -0.2) is 18.0 Å². The van der Waals surface area contributed by atoms with Crippen molar-refractivity contribution in [3.8, 4) is 0 Å². The number of carbonyl (C=O) groups excluding carboxylic acids is 2. The molecule has 1 aliphatic rings. The Hall–Kier alpha value is -1.06. The molecule has 0 radical (unpaired) electrons. The van der Waals surface area contributed by atoms with Crippen LogP contribution in [0.5, 0.6) is 0 Å². The van der Waals surface area contributed by atoms with Gasteiger partial charge in [0.05, 0.1) is 0 Å². The van der Waals surface area contributed by atoms with Crippen LogP contribution >= 0.6 is 0 Å². The highest BCUT2D eigenvalue weighted by atomic mass is 16.5. The lowest BCUT2D eigenvalue weighted by molar-refractivity contribution is -0.313. The quantitative estimate of drug-likeness (QED) is 0.524. The zero-order chi connectivity index (χ0) is 9.14. The van der Waals surface area contributed by atoms with Gasteiger partial charge in [0.25, 0.3) is 0 Å². The molecule has 0 aromatic carbocycles. The molecule has 0 aromatic rings. The van der Waals surface area contributed by atoms with E-state index in [1.165, 1.54) is 6.92 Å². The Morgan fingerprint density at radius 3 is 2.92 bits per heavy atom. The normalized spacial score (nSPS) is 26.1. The molecule has 0 aromatic heterocycles. The van der Waals surface area contributed by atoms with Crippen molar-refractivity contribution in [2.75, 3.05) is 0 Å². The van der Waals surface area contributed by atoms with Gasteiger partial charge in [-0.1, -0.05) is 6.92 Å². The molecular formula is C8H11O4-. The highest BCUT2D eigenvalue weighted by Crippen LogP contribution is 2.20. The van der Waals surface area contributed by atoms with Gasteiger partial charge in [0, 0.05) is 18.3 Å². The van der Waals surface area contributed by atoms with Crippen LogP contribution in [0.4, 0.5) is 0 Å². The lowest BCUT2D eigenvalue weighted by Crippen LogP contribution is -2.40. The number of carboxylic acid groups (broad SMARTS) is 1. The summed E-state index contributed by atoms with van der Waals surface area (Å²) in [6, 6.07) is 0. The van der Waals surface area contributed by atoms with Gasteiger partial charge in [-0.2, -0.15) is 0 Å². The molecule has 68 valence electrons. The smallest absolute Gasteiger partial charge is 0.306 e. The number of aliphatic carboxylic acids is 1. The van der Waals surface area contributed by atoms with E-state index in [0.29, 0.717) is 19.3 Å². The molecule has 1 heterocycles. The standard InChI is InChI=1S/C8H12O4/c1-5(8(10)11)6-3-2-4-7(9)12-6/h5-6H,2-4H2,1H3,(H,10,11)/p-1. The molecule has 4 nitrogen and oxygen atoms in total. The van der Waals surface area contributed by atoms with Gasteiger partial charge >= 0.3 is 5.97 Å². The molecule has 0 bridgehead atoms. The van der Waals surface area contributed by atoms with Crippen molar-refractivity contribution in [3.63, 3.8) is 0 Å². The number of carboxylic acids is 1. The summed E-state index contributed by atoms with van der Waals surface area (Å²) in [6.45, 7) is 1.50. The Kier molecular flexibility index (Phi) is 2.68. The van der Waals surface area contributed by atoms with Gasteiger partial charge in [0.1, 0.15) is 6.10 Å². The first kappa shape index (κ1) is 9.03. The minimum atomic E-state index is -1.16. The van der Waals surface area contributed by atoms with Crippen LogP contribution in [0.25, 0.3) is 0 Å². The second kappa shape index (κ2) is 3.56. The molecule has 12 heavy (non-hydrogen) atoms. The Morgan fingerprint density at radius 2 is 2.42 bits per heavy atom. The molecular weight excluding hydrogens is 160 g/mol. The number of hydrogen-bond acceptors (Lipinski definition) is 4. The van der Waals surface area contributed by atoms with Crippen molar-refractivity contribution < 1.29 is 19.4 Å². The summed E-state index contributed by atoms with van der Waals surface area (Å²) >= 11 is 0. The van der Waals surface area contributed by atoms with E-state index in [-0.39, 0.29) is 5.97 Å². The highest BCUT2D eigenvalue weighted by molar-refractivity contribution is 5.72. The van der Waals surface area contributed by atoms with Gasteiger partial charge in [0.15, 0.2) is 0 Å². The molecule has 0 aliphatic carbocycles. The maximum atomic E-state index is 10.8.